The number of carbonyl (C=O) groups is 1. The monoisotopic (exact) mass is 516 g/mol. The van der Waals surface area contributed by atoms with Crippen LogP contribution in [0.3, 0.4) is 0 Å². The predicted molar refractivity (Wildman–Crippen MR) is 141 cm³/mol. The minimum atomic E-state index is -4.51. The third kappa shape index (κ3) is 8.76. The van der Waals surface area contributed by atoms with E-state index in [2.05, 4.69) is 25.9 Å². The molecule has 1 aromatic heterocycles. The van der Waals surface area contributed by atoms with Crippen molar-refractivity contribution in [2.75, 3.05) is 35.2 Å². The highest BCUT2D eigenvalue weighted by molar-refractivity contribution is 6.16. The molecular formula is C25H31F3N8O. The number of rotatable bonds is 4. The van der Waals surface area contributed by atoms with Crippen LogP contribution in [-0.4, -0.2) is 34.8 Å². The fourth-order valence-corrected chi connectivity index (χ4v) is 3.23. The summed E-state index contributed by atoms with van der Waals surface area (Å²) in [6.07, 6.45) is -0.539. The molecule has 12 heteroatoms. The van der Waals surface area contributed by atoms with Gasteiger partial charge in [-0.25, -0.2) is 14.8 Å². The number of alkyl halides is 3. The van der Waals surface area contributed by atoms with Crippen molar-refractivity contribution in [3.05, 3.63) is 71.5 Å². The summed E-state index contributed by atoms with van der Waals surface area (Å²) in [5, 5.41) is 16.3. The summed E-state index contributed by atoms with van der Waals surface area (Å²) in [5.74, 6) is 0.130. The molecule has 0 unspecified atom stereocenters. The number of carbonyl (C=O) groups excluding carboxylic acids is 1. The highest BCUT2D eigenvalue weighted by Crippen LogP contribution is 2.30. The Balaban J connectivity index is 0.000000602. The molecule has 0 atom stereocenters. The van der Waals surface area contributed by atoms with Crippen LogP contribution in [0.4, 0.5) is 41.0 Å². The number of nitrogens with two attached hydrogens (primary N) is 2. The molecule has 3 aromatic rings. The molecule has 0 aliphatic carbocycles. The van der Waals surface area contributed by atoms with Gasteiger partial charge in [-0.2, -0.15) is 13.2 Å². The molecule has 1 saturated heterocycles. The summed E-state index contributed by atoms with van der Waals surface area (Å²) >= 11 is 0. The Labute approximate surface area is 213 Å². The Kier molecular flexibility index (Phi) is 10.8. The second kappa shape index (κ2) is 13.8. The largest absolute Gasteiger partial charge is 0.416 e. The summed E-state index contributed by atoms with van der Waals surface area (Å²) in [7, 11) is 0. The number of hydrogen-bond donors (Lipinski definition) is 6. The molecule has 0 bridgehead atoms. The SMILES string of the molecule is C1CCNC1.CC.N=C(c1ccc(NC(=O)Nc2cccc(C(F)(F)F)c2)cc1)c1c(N)ncnc1N. The van der Waals surface area contributed by atoms with E-state index in [0.717, 1.165) is 12.1 Å². The van der Waals surface area contributed by atoms with E-state index in [1.807, 2.05) is 13.8 Å². The van der Waals surface area contributed by atoms with Crippen LogP contribution in [0, 0.1) is 5.41 Å². The van der Waals surface area contributed by atoms with Crippen molar-refractivity contribution in [3.63, 3.8) is 0 Å². The van der Waals surface area contributed by atoms with Crippen LogP contribution in [0.15, 0.2) is 54.9 Å². The molecule has 37 heavy (non-hydrogen) atoms. The van der Waals surface area contributed by atoms with Gasteiger partial charge >= 0.3 is 12.2 Å². The van der Waals surface area contributed by atoms with Gasteiger partial charge in [0.1, 0.15) is 18.0 Å². The molecule has 0 radical (unpaired) electrons. The highest BCUT2D eigenvalue weighted by Gasteiger charge is 2.30. The molecule has 4 rings (SSSR count). The van der Waals surface area contributed by atoms with Gasteiger partial charge in [0.15, 0.2) is 0 Å². The quantitative estimate of drug-likeness (QED) is 0.265. The third-order valence-electron chi connectivity index (χ3n) is 4.99. The van der Waals surface area contributed by atoms with Gasteiger partial charge in [-0.15, -0.1) is 0 Å². The lowest BCUT2D eigenvalue weighted by molar-refractivity contribution is -0.137. The number of nitrogens with zero attached hydrogens (tertiary/aromatic N) is 2. The molecule has 2 aromatic carbocycles. The molecule has 0 saturated carbocycles. The van der Waals surface area contributed by atoms with Crippen LogP contribution in [-0.2, 0) is 6.18 Å². The maximum atomic E-state index is 12.8. The van der Waals surface area contributed by atoms with E-state index in [1.54, 1.807) is 12.1 Å². The number of nitrogen functional groups attached to an aromatic ring is 2. The predicted octanol–water partition coefficient (Wildman–Crippen LogP) is 5.12. The second-order valence-electron chi connectivity index (χ2n) is 7.59. The van der Waals surface area contributed by atoms with Gasteiger partial charge in [-0.1, -0.05) is 32.0 Å². The zero-order valence-electron chi connectivity index (χ0n) is 20.6. The van der Waals surface area contributed by atoms with Crippen molar-refractivity contribution >= 4 is 34.8 Å². The minimum Gasteiger partial charge on any atom is -0.383 e. The standard InChI is InChI=1S/C19H16F3N7O.C4H9N.C2H6/c20-19(21,22)11-2-1-3-13(8-11)29-18(30)28-12-6-4-10(5-7-12)15(23)14-16(24)26-9-27-17(14)25;1-2-4-5-3-1;1-2/h1-9,23H,(H2,28,29,30)(H4,24,25,26,27);5H,1-4H2;1-2H3. The molecule has 1 aliphatic heterocycles. The number of anilines is 4. The Morgan fingerprint density at radius 3 is 2.03 bits per heavy atom. The van der Waals surface area contributed by atoms with Crippen molar-refractivity contribution in [2.45, 2.75) is 32.9 Å². The molecule has 9 nitrogen and oxygen atoms in total. The van der Waals surface area contributed by atoms with Gasteiger partial charge in [0.2, 0.25) is 0 Å². The normalized spacial score (nSPS) is 12.4. The fraction of sp³-hybridized carbons (Fsp3) is 0.280. The fourth-order valence-electron chi connectivity index (χ4n) is 3.23. The number of urea groups is 1. The average Bonchev–Trinajstić information content (AvgIpc) is 3.46. The summed E-state index contributed by atoms with van der Waals surface area (Å²) in [6, 6.07) is 9.70. The van der Waals surface area contributed by atoms with E-state index < -0.39 is 17.8 Å². The molecule has 198 valence electrons. The zero-order valence-corrected chi connectivity index (χ0v) is 20.6. The van der Waals surface area contributed by atoms with Crippen LogP contribution in [0.1, 0.15) is 43.4 Å². The Morgan fingerprint density at radius 2 is 1.51 bits per heavy atom. The number of benzene rings is 2. The first-order chi connectivity index (χ1) is 17.6. The van der Waals surface area contributed by atoms with Crippen LogP contribution in [0.2, 0.25) is 0 Å². The lowest BCUT2D eigenvalue weighted by Gasteiger charge is -2.12. The number of amides is 2. The molecule has 2 amide bonds. The van der Waals surface area contributed by atoms with Gasteiger partial charge in [-0.05, 0) is 56.3 Å². The van der Waals surface area contributed by atoms with Crippen molar-refractivity contribution in [2.24, 2.45) is 0 Å². The smallest absolute Gasteiger partial charge is 0.383 e. The van der Waals surface area contributed by atoms with Crippen LogP contribution in [0.5, 0.6) is 0 Å². The first-order valence-corrected chi connectivity index (χ1v) is 11.7. The number of nitrogens with one attached hydrogen (secondary N) is 4. The van der Waals surface area contributed by atoms with Gasteiger partial charge < -0.3 is 27.4 Å². The van der Waals surface area contributed by atoms with Gasteiger partial charge in [-0.3, -0.25) is 5.41 Å². The van der Waals surface area contributed by atoms with E-state index in [9.17, 15) is 18.0 Å². The van der Waals surface area contributed by atoms with Crippen molar-refractivity contribution < 1.29 is 18.0 Å². The van der Waals surface area contributed by atoms with Crippen molar-refractivity contribution in [3.8, 4) is 0 Å². The highest BCUT2D eigenvalue weighted by atomic mass is 19.4. The Morgan fingerprint density at radius 1 is 0.946 bits per heavy atom. The van der Waals surface area contributed by atoms with Gasteiger partial charge in [0.05, 0.1) is 16.8 Å². The number of hydrogen-bond acceptors (Lipinski definition) is 7. The minimum absolute atomic E-state index is 0.00393. The second-order valence-corrected chi connectivity index (χ2v) is 7.59. The number of aromatic nitrogens is 2. The topological polar surface area (TPSA) is 155 Å². The van der Waals surface area contributed by atoms with Crippen LogP contribution < -0.4 is 27.4 Å². The van der Waals surface area contributed by atoms with E-state index in [0.29, 0.717) is 11.3 Å². The van der Waals surface area contributed by atoms with Crippen molar-refractivity contribution in [1.82, 2.24) is 15.3 Å². The van der Waals surface area contributed by atoms with E-state index in [4.69, 9.17) is 16.9 Å². The Bertz CT molecular complexity index is 1150. The summed E-state index contributed by atoms with van der Waals surface area (Å²) in [6.45, 7) is 6.50. The molecule has 1 fully saturated rings. The van der Waals surface area contributed by atoms with Crippen molar-refractivity contribution in [1.29, 1.82) is 5.41 Å². The summed E-state index contributed by atoms with van der Waals surface area (Å²) in [5.41, 5.74) is 11.7. The summed E-state index contributed by atoms with van der Waals surface area (Å²) < 4.78 is 38.3. The maximum Gasteiger partial charge on any atom is 0.416 e. The molecule has 0 spiro atoms. The number of halogens is 3. The molecule has 1 aliphatic rings. The average molecular weight is 517 g/mol. The van der Waals surface area contributed by atoms with Gasteiger partial charge in [0, 0.05) is 16.9 Å². The van der Waals surface area contributed by atoms with E-state index in [-0.39, 0.29) is 28.6 Å². The first-order valence-electron chi connectivity index (χ1n) is 11.7. The molecular weight excluding hydrogens is 485 g/mol. The Hall–Kier alpha value is -4.19. The lowest BCUT2D eigenvalue weighted by Crippen LogP contribution is -2.20. The zero-order chi connectivity index (χ0) is 27.4. The van der Waals surface area contributed by atoms with E-state index >= 15 is 0 Å². The van der Waals surface area contributed by atoms with Crippen LogP contribution >= 0.6 is 0 Å². The third-order valence-corrected chi connectivity index (χ3v) is 4.99. The summed E-state index contributed by atoms with van der Waals surface area (Å²) in [4.78, 5) is 19.7. The van der Waals surface area contributed by atoms with Gasteiger partial charge in [0.25, 0.3) is 0 Å². The maximum absolute atomic E-state index is 12.8. The molecule has 2 heterocycles. The van der Waals surface area contributed by atoms with Crippen LogP contribution in [0.25, 0.3) is 0 Å². The first kappa shape index (κ1) is 29.0. The molecule has 8 N–H and O–H groups in total. The lowest BCUT2D eigenvalue weighted by atomic mass is 10.0. The van der Waals surface area contributed by atoms with E-state index in [1.165, 1.54) is 56.5 Å².